The summed E-state index contributed by atoms with van der Waals surface area (Å²) in [7, 11) is 3.66. The summed E-state index contributed by atoms with van der Waals surface area (Å²) in [4.78, 5) is 11.5. The molecule has 0 saturated carbocycles. The molecular formula is C10H14N4O. The molecular weight excluding hydrogens is 192 g/mol. The summed E-state index contributed by atoms with van der Waals surface area (Å²) in [5, 5.41) is 4.08. The minimum absolute atomic E-state index is 0.0252. The maximum Gasteiger partial charge on any atom is 0.327 e. The van der Waals surface area contributed by atoms with Crippen molar-refractivity contribution in [2.45, 2.75) is 13.0 Å². The largest absolute Gasteiger partial charge is 0.327 e. The minimum atomic E-state index is 0.0252. The predicted molar refractivity (Wildman–Crippen MR) is 56.6 cm³/mol. The van der Waals surface area contributed by atoms with Gasteiger partial charge in [0.2, 0.25) is 0 Å². The van der Waals surface area contributed by atoms with Crippen molar-refractivity contribution < 1.29 is 0 Å². The Morgan fingerprint density at radius 2 is 2.13 bits per heavy atom. The predicted octanol–water partition coefficient (Wildman–Crippen LogP) is 0.163. The van der Waals surface area contributed by atoms with Crippen LogP contribution in [0.3, 0.4) is 0 Å². The number of hydrogen-bond donors (Lipinski definition) is 0. The summed E-state index contributed by atoms with van der Waals surface area (Å²) in [6.07, 6.45) is 6.16. The van der Waals surface area contributed by atoms with Gasteiger partial charge in [-0.3, -0.25) is 9.25 Å². The van der Waals surface area contributed by atoms with Gasteiger partial charge in [-0.15, -0.1) is 0 Å². The molecule has 0 aliphatic carbocycles. The molecule has 2 rings (SSSR count). The molecule has 2 aromatic heterocycles. The zero-order chi connectivity index (χ0) is 10.8. The normalized spacial score (nSPS) is 10.8. The summed E-state index contributed by atoms with van der Waals surface area (Å²) in [6.45, 7) is 0.694. The zero-order valence-corrected chi connectivity index (χ0v) is 8.92. The zero-order valence-electron chi connectivity index (χ0n) is 8.92. The first kappa shape index (κ1) is 9.76. The van der Waals surface area contributed by atoms with Gasteiger partial charge in [0.15, 0.2) is 0 Å². The Hall–Kier alpha value is -1.78. The monoisotopic (exact) mass is 206 g/mol. The Balaban J connectivity index is 2.09. The third kappa shape index (κ3) is 1.86. The highest BCUT2D eigenvalue weighted by molar-refractivity contribution is 5.00. The third-order valence-corrected chi connectivity index (χ3v) is 2.55. The minimum Gasteiger partial charge on any atom is -0.302 e. The fraction of sp³-hybridized carbons (Fsp3) is 0.400. The van der Waals surface area contributed by atoms with E-state index in [9.17, 15) is 4.79 Å². The van der Waals surface area contributed by atoms with Crippen LogP contribution in [0, 0.1) is 0 Å². The summed E-state index contributed by atoms with van der Waals surface area (Å²) in [5.41, 5.74) is 1.16. The van der Waals surface area contributed by atoms with Crippen LogP contribution in [-0.4, -0.2) is 18.9 Å². The molecule has 0 atom stereocenters. The van der Waals surface area contributed by atoms with E-state index in [2.05, 4.69) is 5.10 Å². The second-order valence-corrected chi connectivity index (χ2v) is 3.58. The van der Waals surface area contributed by atoms with Crippen LogP contribution in [0.25, 0.3) is 0 Å². The summed E-state index contributed by atoms with van der Waals surface area (Å²) < 4.78 is 5.10. The van der Waals surface area contributed by atoms with E-state index in [1.165, 1.54) is 0 Å². The second kappa shape index (κ2) is 3.76. The lowest BCUT2D eigenvalue weighted by Gasteiger charge is -2.02. The summed E-state index contributed by atoms with van der Waals surface area (Å²) in [6, 6.07) is 1.97. The first-order chi connectivity index (χ1) is 7.18. The Morgan fingerprint density at radius 1 is 1.33 bits per heavy atom. The number of hydrogen-bond acceptors (Lipinski definition) is 2. The van der Waals surface area contributed by atoms with Crippen LogP contribution >= 0.6 is 0 Å². The molecule has 0 aliphatic rings. The van der Waals surface area contributed by atoms with Crippen molar-refractivity contribution in [3.8, 4) is 0 Å². The molecule has 0 amide bonds. The molecule has 0 spiro atoms. The molecule has 0 bridgehead atoms. The fourth-order valence-corrected chi connectivity index (χ4v) is 1.56. The molecule has 80 valence electrons. The lowest BCUT2D eigenvalue weighted by atomic mass is 10.3. The number of rotatable bonds is 3. The highest BCUT2D eigenvalue weighted by Crippen LogP contribution is 1.98. The van der Waals surface area contributed by atoms with Crippen LogP contribution in [0.15, 0.2) is 29.5 Å². The molecule has 0 N–H and O–H groups in total. The first-order valence-electron chi connectivity index (χ1n) is 4.87. The molecule has 5 heteroatoms. The van der Waals surface area contributed by atoms with Crippen molar-refractivity contribution in [1.82, 2.24) is 18.9 Å². The van der Waals surface area contributed by atoms with Crippen LogP contribution in [0.4, 0.5) is 0 Å². The van der Waals surface area contributed by atoms with Gasteiger partial charge in [-0.2, -0.15) is 5.10 Å². The van der Waals surface area contributed by atoms with Gasteiger partial charge in [0.25, 0.3) is 0 Å². The average Bonchev–Trinajstić information content (AvgIpc) is 2.74. The Labute approximate surface area is 87.6 Å². The maximum absolute atomic E-state index is 11.5. The number of imidazole rings is 1. The number of nitrogens with zero attached hydrogens (tertiary/aromatic N) is 4. The first-order valence-corrected chi connectivity index (χ1v) is 4.87. The van der Waals surface area contributed by atoms with E-state index in [1.807, 2.05) is 17.8 Å². The molecule has 0 unspecified atom stereocenters. The Bertz CT molecular complexity index is 505. The highest BCUT2D eigenvalue weighted by atomic mass is 16.1. The third-order valence-electron chi connectivity index (χ3n) is 2.55. The number of aryl methyl sites for hydroxylation is 4. The summed E-state index contributed by atoms with van der Waals surface area (Å²) >= 11 is 0. The molecule has 0 fully saturated rings. The molecule has 0 aromatic carbocycles. The molecule has 0 radical (unpaired) electrons. The molecule has 2 heterocycles. The molecule has 2 aromatic rings. The standard InChI is InChI=1S/C10H14N4O/c1-12-7-8-14(10(12)15)6-4-9-3-5-11-13(9)2/h3,5,7-8H,4,6H2,1-2H3. The summed E-state index contributed by atoms with van der Waals surface area (Å²) in [5.74, 6) is 0. The lowest BCUT2D eigenvalue weighted by Crippen LogP contribution is -2.22. The van der Waals surface area contributed by atoms with Gasteiger partial charge in [-0.1, -0.05) is 0 Å². The van der Waals surface area contributed by atoms with Crippen molar-refractivity contribution in [2.24, 2.45) is 14.1 Å². The van der Waals surface area contributed by atoms with Gasteiger partial charge in [0, 0.05) is 51.3 Å². The smallest absolute Gasteiger partial charge is 0.302 e. The van der Waals surface area contributed by atoms with E-state index in [0.29, 0.717) is 6.54 Å². The highest BCUT2D eigenvalue weighted by Gasteiger charge is 2.02. The molecule has 5 nitrogen and oxygen atoms in total. The van der Waals surface area contributed by atoms with Crippen LogP contribution in [0.1, 0.15) is 5.69 Å². The number of aromatic nitrogens is 4. The lowest BCUT2D eigenvalue weighted by molar-refractivity contribution is 0.612. The van der Waals surface area contributed by atoms with Crippen LogP contribution in [0.2, 0.25) is 0 Å². The van der Waals surface area contributed by atoms with Crippen LogP contribution < -0.4 is 5.69 Å². The second-order valence-electron chi connectivity index (χ2n) is 3.58. The maximum atomic E-state index is 11.5. The van der Waals surface area contributed by atoms with Gasteiger partial charge >= 0.3 is 5.69 Å². The van der Waals surface area contributed by atoms with Gasteiger partial charge in [0.05, 0.1) is 0 Å². The van der Waals surface area contributed by atoms with E-state index in [1.54, 1.807) is 34.8 Å². The van der Waals surface area contributed by atoms with Crippen molar-refractivity contribution in [2.75, 3.05) is 0 Å². The Kier molecular flexibility index (Phi) is 2.45. The quantitative estimate of drug-likeness (QED) is 0.718. The van der Waals surface area contributed by atoms with E-state index in [0.717, 1.165) is 12.1 Å². The van der Waals surface area contributed by atoms with E-state index in [4.69, 9.17) is 0 Å². The van der Waals surface area contributed by atoms with Crippen LogP contribution in [-0.2, 0) is 27.1 Å². The van der Waals surface area contributed by atoms with E-state index >= 15 is 0 Å². The van der Waals surface area contributed by atoms with Gasteiger partial charge in [-0.25, -0.2) is 4.79 Å². The van der Waals surface area contributed by atoms with E-state index < -0.39 is 0 Å². The van der Waals surface area contributed by atoms with Gasteiger partial charge in [0.1, 0.15) is 0 Å². The topological polar surface area (TPSA) is 44.8 Å². The van der Waals surface area contributed by atoms with Crippen molar-refractivity contribution >= 4 is 0 Å². The Morgan fingerprint density at radius 3 is 2.67 bits per heavy atom. The fourth-order valence-electron chi connectivity index (χ4n) is 1.56. The van der Waals surface area contributed by atoms with E-state index in [-0.39, 0.29) is 5.69 Å². The van der Waals surface area contributed by atoms with Crippen LogP contribution in [0.5, 0.6) is 0 Å². The molecule has 15 heavy (non-hydrogen) atoms. The SMILES string of the molecule is Cn1nccc1CCn1ccn(C)c1=O. The van der Waals surface area contributed by atoms with Gasteiger partial charge < -0.3 is 4.57 Å². The van der Waals surface area contributed by atoms with Crippen molar-refractivity contribution in [1.29, 1.82) is 0 Å². The molecule has 0 aliphatic heterocycles. The van der Waals surface area contributed by atoms with Crippen molar-refractivity contribution in [3.63, 3.8) is 0 Å². The van der Waals surface area contributed by atoms with Gasteiger partial charge in [-0.05, 0) is 6.07 Å². The van der Waals surface area contributed by atoms with Crippen molar-refractivity contribution in [3.05, 3.63) is 40.8 Å². The molecule has 0 saturated heterocycles. The average molecular weight is 206 g/mol.